The molecular formula is C71H54N2. The number of hydrogen-bond acceptors (Lipinski definition) is 2. The van der Waals surface area contributed by atoms with Gasteiger partial charge in [0.2, 0.25) is 0 Å². The third-order valence-electron chi connectivity index (χ3n) is 15.8. The number of anilines is 6. The van der Waals surface area contributed by atoms with E-state index in [2.05, 4.69) is 304 Å². The normalized spacial score (nSPS) is 13.4. The maximum Gasteiger partial charge on any atom is 0.0540 e. The Hall–Kier alpha value is -8.98. The Labute approximate surface area is 429 Å². The van der Waals surface area contributed by atoms with Crippen LogP contribution in [0.1, 0.15) is 48.6 Å². The largest absolute Gasteiger partial charge is 0.311 e. The maximum absolute atomic E-state index is 2.49. The van der Waals surface area contributed by atoms with Gasteiger partial charge in [0, 0.05) is 44.8 Å². The van der Waals surface area contributed by atoms with Crippen molar-refractivity contribution in [2.45, 2.75) is 31.6 Å². The number of rotatable bonds is 10. The Morgan fingerprint density at radius 1 is 0.233 bits per heavy atom. The minimum Gasteiger partial charge on any atom is -0.311 e. The van der Waals surface area contributed by atoms with Crippen molar-refractivity contribution in [2.24, 2.45) is 0 Å². The van der Waals surface area contributed by atoms with Crippen molar-refractivity contribution >= 4 is 34.1 Å². The fraction of sp³-hybridized carbons (Fsp3) is 0.0704. The van der Waals surface area contributed by atoms with E-state index in [4.69, 9.17) is 0 Å². The third kappa shape index (κ3) is 7.32. The van der Waals surface area contributed by atoms with Crippen LogP contribution in [0.25, 0.3) is 55.6 Å². The zero-order valence-corrected chi connectivity index (χ0v) is 41.4. The lowest BCUT2D eigenvalue weighted by Gasteiger charge is -2.33. The van der Waals surface area contributed by atoms with E-state index in [-0.39, 0.29) is 10.8 Å². The molecule has 11 aromatic carbocycles. The molecular weight excluding hydrogens is 881 g/mol. The molecule has 2 nitrogen and oxygen atoms in total. The molecule has 2 heteroatoms. The van der Waals surface area contributed by atoms with Crippen LogP contribution in [-0.2, 0) is 10.8 Å². The first-order valence-corrected chi connectivity index (χ1v) is 25.5. The number of fused-ring (bicyclic) bond motifs is 6. The minimum atomic E-state index is -0.380. The molecule has 2 aliphatic rings. The molecule has 0 radical (unpaired) electrons. The molecule has 0 saturated carbocycles. The average molecular weight is 935 g/mol. The fourth-order valence-electron chi connectivity index (χ4n) is 12.1. The van der Waals surface area contributed by atoms with E-state index < -0.39 is 0 Å². The lowest BCUT2D eigenvalue weighted by atomic mass is 9.71. The highest BCUT2D eigenvalue weighted by Gasteiger charge is 2.42. The van der Waals surface area contributed by atoms with E-state index >= 15 is 0 Å². The minimum absolute atomic E-state index is 0.173. The summed E-state index contributed by atoms with van der Waals surface area (Å²) in [5.74, 6) is 0. The monoisotopic (exact) mass is 934 g/mol. The number of hydrogen-bond donors (Lipinski definition) is 0. The van der Waals surface area contributed by atoms with Crippen molar-refractivity contribution in [1.82, 2.24) is 0 Å². The summed E-state index contributed by atoms with van der Waals surface area (Å²) >= 11 is 0. The molecule has 0 aliphatic heterocycles. The molecule has 0 unspecified atom stereocenters. The van der Waals surface area contributed by atoms with Gasteiger partial charge in [-0.05, 0) is 152 Å². The molecule has 0 spiro atoms. The Bertz CT molecular complexity index is 3690. The molecule has 0 N–H and O–H groups in total. The van der Waals surface area contributed by atoms with Gasteiger partial charge in [-0.1, -0.05) is 220 Å². The van der Waals surface area contributed by atoms with E-state index in [1.165, 1.54) is 83.5 Å². The molecule has 0 bridgehead atoms. The van der Waals surface area contributed by atoms with E-state index in [1.54, 1.807) is 0 Å². The van der Waals surface area contributed by atoms with Crippen molar-refractivity contribution in [1.29, 1.82) is 0 Å². The quantitative estimate of drug-likeness (QED) is 0.135. The highest BCUT2D eigenvalue weighted by Crippen LogP contribution is 2.56. The molecule has 0 fully saturated rings. The van der Waals surface area contributed by atoms with Crippen LogP contribution < -0.4 is 9.80 Å². The summed E-state index contributed by atoms with van der Waals surface area (Å²) in [4.78, 5) is 4.86. The zero-order valence-electron chi connectivity index (χ0n) is 41.4. The van der Waals surface area contributed by atoms with E-state index in [9.17, 15) is 0 Å². The van der Waals surface area contributed by atoms with Crippen LogP contribution in [0.2, 0.25) is 0 Å². The molecule has 0 heterocycles. The average Bonchev–Trinajstić information content (AvgIpc) is 3.85. The standard InChI is InChI=1S/C71H54N2/c1-70(2)64-29-15-10-24-58(64)62-47-46-57(48-68(62)70)73(69-33-19-14-28-63(69)61-27-13-18-32-67(61)71(3)65-30-16-11-25-59(65)60-26-12-17-31-66(60)71)56-44-42-55(43-45-56)72(53-38-34-51(35-39-53)49-20-6-4-7-21-49)54-40-36-52(37-41-54)50-22-8-5-9-23-50/h4-48H,1-3H3. The summed E-state index contributed by atoms with van der Waals surface area (Å²) in [6.45, 7) is 7.16. The lowest BCUT2D eigenvalue weighted by Crippen LogP contribution is -2.23. The second-order valence-electron chi connectivity index (χ2n) is 20.2. The number of para-hydroxylation sites is 1. The van der Waals surface area contributed by atoms with Crippen molar-refractivity contribution in [3.05, 3.63) is 301 Å². The van der Waals surface area contributed by atoms with Crippen LogP contribution in [0.4, 0.5) is 34.1 Å². The van der Waals surface area contributed by atoms with Gasteiger partial charge in [0.05, 0.1) is 5.69 Å². The first kappa shape index (κ1) is 44.0. The van der Waals surface area contributed by atoms with Crippen molar-refractivity contribution in [3.8, 4) is 55.6 Å². The van der Waals surface area contributed by atoms with E-state index in [1.807, 2.05) is 0 Å². The van der Waals surface area contributed by atoms with Gasteiger partial charge in [0.1, 0.15) is 0 Å². The van der Waals surface area contributed by atoms with Gasteiger partial charge in [-0.3, -0.25) is 0 Å². The third-order valence-corrected chi connectivity index (χ3v) is 15.8. The first-order valence-electron chi connectivity index (χ1n) is 25.5. The topological polar surface area (TPSA) is 6.48 Å². The predicted octanol–water partition coefficient (Wildman–Crippen LogP) is 19.3. The van der Waals surface area contributed by atoms with Crippen molar-refractivity contribution in [2.75, 3.05) is 9.80 Å². The van der Waals surface area contributed by atoms with E-state index in [0.717, 1.165) is 34.1 Å². The molecule has 11 aromatic rings. The molecule has 0 atom stereocenters. The smallest absolute Gasteiger partial charge is 0.0540 e. The molecule has 0 amide bonds. The molecule has 2 aliphatic carbocycles. The Kier molecular flexibility index (Phi) is 10.7. The Morgan fingerprint density at radius 2 is 0.548 bits per heavy atom. The lowest BCUT2D eigenvalue weighted by molar-refractivity contribution is 0.660. The van der Waals surface area contributed by atoms with Crippen LogP contribution in [0.5, 0.6) is 0 Å². The van der Waals surface area contributed by atoms with Gasteiger partial charge >= 0.3 is 0 Å². The van der Waals surface area contributed by atoms with Crippen molar-refractivity contribution in [3.63, 3.8) is 0 Å². The molecule has 73 heavy (non-hydrogen) atoms. The van der Waals surface area contributed by atoms with Crippen LogP contribution >= 0.6 is 0 Å². The second kappa shape index (κ2) is 17.7. The summed E-state index contributed by atoms with van der Waals surface area (Å²) in [6, 6.07) is 100. The molecule has 348 valence electrons. The second-order valence-corrected chi connectivity index (χ2v) is 20.2. The fourth-order valence-corrected chi connectivity index (χ4v) is 12.1. The summed E-state index contributed by atoms with van der Waals surface area (Å²) in [5.41, 5.74) is 25.0. The SMILES string of the molecule is CC1(C)c2ccccc2-c2ccc(N(c3ccc(N(c4ccc(-c5ccccc5)cc4)c4ccc(-c5ccccc5)cc4)cc3)c3ccccc3-c3ccccc3C3(C)c4ccccc4-c4ccccc43)cc21. The van der Waals surface area contributed by atoms with Crippen LogP contribution in [0.3, 0.4) is 0 Å². The Balaban J connectivity index is 0.971. The van der Waals surface area contributed by atoms with Gasteiger partial charge < -0.3 is 9.80 Å². The molecule has 13 rings (SSSR count). The van der Waals surface area contributed by atoms with Gasteiger partial charge in [-0.15, -0.1) is 0 Å². The maximum atomic E-state index is 2.49. The number of benzene rings is 11. The van der Waals surface area contributed by atoms with Crippen LogP contribution in [-0.4, -0.2) is 0 Å². The summed E-state index contributed by atoms with van der Waals surface area (Å²) in [5, 5.41) is 0. The highest BCUT2D eigenvalue weighted by molar-refractivity contribution is 5.94. The predicted molar refractivity (Wildman–Crippen MR) is 307 cm³/mol. The number of nitrogens with zero attached hydrogens (tertiary/aromatic N) is 2. The Morgan fingerprint density at radius 3 is 1.03 bits per heavy atom. The van der Waals surface area contributed by atoms with Gasteiger partial charge in [0.15, 0.2) is 0 Å². The van der Waals surface area contributed by atoms with Gasteiger partial charge in [0.25, 0.3) is 0 Å². The van der Waals surface area contributed by atoms with Gasteiger partial charge in [-0.2, -0.15) is 0 Å². The van der Waals surface area contributed by atoms with E-state index in [0.29, 0.717) is 0 Å². The molecule has 0 aromatic heterocycles. The van der Waals surface area contributed by atoms with Crippen LogP contribution in [0, 0.1) is 0 Å². The van der Waals surface area contributed by atoms with Gasteiger partial charge in [-0.25, -0.2) is 0 Å². The van der Waals surface area contributed by atoms with Crippen LogP contribution in [0.15, 0.2) is 273 Å². The first-order chi connectivity index (χ1) is 35.9. The summed E-state index contributed by atoms with van der Waals surface area (Å²) in [6.07, 6.45) is 0. The molecule has 0 saturated heterocycles. The zero-order chi connectivity index (χ0) is 49.1. The highest BCUT2D eigenvalue weighted by atomic mass is 15.2. The summed E-state index contributed by atoms with van der Waals surface area (Å²) in [7, 11) is 0. The summed E-state index contributed by atoms with van der Waals surface area (Å²) < 4.78 is 0. The van der Waals surface area contributed by atoms with Crippen molar-refractivity contribution < 1.29 is 0 Å².